The van der Waals surface area contributed by atoms with Gasteiger partial charge in [-0.1, -0.05) is 203 Å². The number of esters is 2. The highest BCUT2D eigenvalue weighted by Gasteiger charge is 2.50. The molecule has 0 spiro atoms. The first-order valence-electron chi connectivity index (χ1n) is 41.8. The van der Waals surface area contributed by atoms with E-state index in [4.69, 9.17) is 20.1 Å². The third kappa shape index (κ3) is 32.8. The Morgan fingerprint density at radius 2 is 1.00 bits per heavy atom. The van der Waals surface area contributed by atoms with Gasteiger partial charge in [0, 0.05) is 116 Å². The summed E-state index contributed by atoms with van der Waals surface area (Å²) in [5.41, 5.74) is 10.8. The summed E-state index contributed by atoms with van der Waals surface area (Å²) in [5, 5.41) is 120. The summed E-state index contributed by atoms with van der Waals surface area (Å²) in [4.78, 5) is 28.7. The lowest BCUT2D eigenvalue weighted by atomic mass is 9.82. The molecule has 4 aliphatic carbocycles. The van der Waals surface area contributed by atoms with Crippen molar-refractivity contribution >= 4 is 11.9 Å². The molecule has 2 aliphatic heterocycles. The Morgan fingerprint density at radius 1 is 0.564 bits per heavy atom. The molecule has 7 rings (SSSR count). The number of carbonyl (C=O) groups excluding carboxylic acids is 2. The van der Waals surface area contributed by atoms with Crippen LogP contribution in [0.4, 0.5) is 0 Å². The van der Waals surface area contributed by atoms with Crippen LogP contribution >= 0.6 is 0 Å². The van der Waals surface area contributed by atoms with E-state index in [2.05, 4.69) is 59.2 Å². The molecule has 0 radical (unpaired) electrons. The predicted molar refractivity (Wildman–Crippen MR) is 437 cm³/mol. The van der Waals surface area contributed by atoms with E-state index in [1.807, 2.05) is 96.5 Å². The molecule has 616 valence electrons. The minimum Gasteiger partial charge on any atom is -0.458 e. The average Bonchev–Trinajstić information content (AvgIpc) is 1.45. The lowest BCUT2D eigenvalue weighted by Crippen LogP contribution is -2.37. The lowest BCUT2D eigenvalue weighted by Gasteiger charge is -2.31. The van der Waals surface area contributed by atoms with E-state index in [-0.39, 0.29) is 90.5 Å². The van der Waals surface area contributed by atoms with E-state index < -0.39 is 73.0 Å². The van der Waals surface area contributed by atoms with Crippen molar-refractivity contribution in [2.45, 2.75) is 278 Å². The number of fused-ring (bicyclic) bond motifs is 3. The van der Waals surface area contributed by atoms with Crippen molar-refractivity contribution in [3.63, 3.8) is 0 Å². The number of nitrogens with zero attached hydrogens (tertiary/aromatic N) is 6. The summed E-state index contributed by atoms with van der Waals surface area (Å²) in [7, 11) is 0. The number of aliphatic hydroxyl groups excluding tert-OH is 10. The molecule has 1 aromatic heterocycles. The van der Waals surface area contributed by atoms with Gasteiger partial charge in [0.05, 0.1) is 60.2 Å². The Hall–Kier alpha value is -6.05. The topological polar surface area (TPSA) is 334 Å². The normalized spacial score (nSPS) is 37.8. The highest BCUT2D eigenvalue weighted by Crippen LogP contribution is 2.53. The fraction of sp³-hybridized carbons (Fsp3) is 0.711. The summed E-state index contributed by atoms with van der Waals surface area (Å²) in [6, 6.07) is 0. The average molecular weight is 1530 g/mol. The number of unbranched alkanes of at least 4 members (excludes halogenated alkanes) is 2. The molecule has 0 saturated heterocycles. The molecule has 20 heteroatoms. The Balaban J connectivity index is 0.000000350. The van der Waals surface area contributed by atoms with Crippen LogP contribution in [0, 0.1) is 118 Å². The van der Waals surface area contributed by atoms with Gasteiger partial charge in [-0.25, -0.2) is 14.3 Å². The number of cyclic esters (lactones) is 2. The maximum atomic E-state index is 13.1. The van der Waals surface area contributed by atoms with Crippen LogP contribution in [0.1, 0.15) is 209 Å². The molecule has 1 aromatic rings. The second kappa shape index (κ2) is 50.9. The van der Waals surface area contributed by atoms with Gasteiger partial charge in [0.1, 0.15) is 12.2 Å². The van der Waals surface area contributed by atoms with Gasteiger partial charge in [-0.3, -0.25) is 0 Å². The van der Waals surface area contributed by atoms with Crippen LogP contribution in [0.2, 0.25) is 0 Å². The number of allylic oxidation sites excluding steroid dienone is 8. The third-order valence-electron chi connectivity index (χ3n) is 24.6. The second-order valence-corrected chi connectivity index (χ2v) is 33.4. The number of hydrogen-bond donors (Lipinski definition) is 10. The number of ether oxygens (including phenoxy) is 2. The molecule has 20 nitrogen and oxygen atoms in total. The van der Waals surface area contributed by atoms with Gasteiger partial charge in [0.2, 0.25) is 0 Å². The smallest absolute Gasteiger partial charge is 0.331 e. The van der Waals surface area contributed by atoms with E-state index in [1.165, 1.54) is 30.7 Å². The summed E-state index contributed by atoms with van der Waals surface area (Å²) in [5.74, 6) is 7.81. The van der Waals surface area contributed by atoms with Crippen LogP contribution in [-0.2, 0) is 38.4 Å². The van der Waals surface area contributed by atoms with Gasteiger partial charge in [-0.05, 0) is 167 Å². The molecule has 1 unspecified atom stereocenters. The van der Waals surface area contributed by atoms with Crippen molar-refractivity contribution in [2.75, 3.05) is 19.8 Å². The summed E-state index contributed by atoms with van der Waals surface area (Å²) in [6.45, 7) is 29.1. The molecule has 0 bridgehead atoms. The van der Waals surface area contributed by atoms with Gasteiger partial charge >= 0.3 is 11.9 Å². The largest absolute Gasteiger partial charge is 0.458 e. The lowest BCUT2D eigenvalue weighted by molar-refractivity contribution is -0.151. The predicted octanol–water partition coefficient (Wildman–Crippen LogP) is 14.3. The molecular weight excluding hydrogens is 1390 g/mol. The fourth-order valence-electron chi connectivity index (χ4n) is 17.3. The van der Waals surface area contributed by atoms with Gasteiger partial charge in [0.25, 0.3) is 0 Å². The second-order valence-electron chi connectivity index (χ2n) is 33.4. The molecule has 3 heterocycles. The van der Waals surface area contributed by atoms with Crippen molar-refractivity contribution in [2.24, 2.45) is 112 Å². The first-order chi connectivity index (χ1) is 52.7. The zero-order valence-corrected chi connectivity index (χ0v) is 68.1. The molecule has 28 atom stereocenters. The molecule has 0 amide bonds. The zero-order chi connectivity index (χ0) is 80.8. The van der Waals surface area contributed by atoms with Crippen LogP contribution in [-0.4, -0.2) is 159 Å². The number of aromatic nitrogens is 3. The van der Waals surface area contributed by atoms with Crippen LogP contribution in [0.3, 0.4) is 0 Å². The minimum atomic E-state index is -0.895. The van der Waals surface area contributed by atoms with Crippen molar-refractivity contribution in [1.29, 1.82) is 0 Å². The summed E-state index contributed by atoms with van der Waals surface area (Å²) in [6.07, 6.45) is 40.9. The van der Waals surface area contributed by atoms with Crippen LogP contribution < -0.4 is 0 Å². The number of rotatable bonds is 18. The summed E-state index contributed by atoms with van der Waals surface area (Å²) < 4.78 is 13.9. The Labute approximate surface area is 659 Å². The van der Waals surface area contributed by atoms with Gasteiger partial charge in [-0.15, -0.1) is 16.9 Å². The quantitative estimate of drug-likeness (QED) is 0.00954. The van der Waals surface area contributed by atoms with E-state index in [0.29, 0.717) is 75.3 Å². The highest BCUT2D eigenvalue weighted by atomic mass is 16.5. The molecule has 110 heavy (non-hydrogen) atoms. The standard InChI is InChI=1S/C45H71N3O7.C35H57N3O6.C10H14O/c1-7-8-13-31(4)45-33(6)41(51)24-17-29(2)26-32(5)44(54)30(3)18-19-35(50)27-42(52)34(14-9-10-16-43(53)55-45)15-11-12-25-48-40-23-21-37-36(38(37)28-49)20-22-39(40)46-47-48;1-7-8-13-26(4)35-28(6)31(40)20-17-24(2)22-27(5)34(43)25(3)18-19-30(39)23-32(41)29(15-11-12-21-37-38-36)14-9-10-16-33(42)44-35;11-7-10-8-5-3-1-2-4-6-9(8)10/h7-10,13-14,16,18-19,29-38,41-42,44-45,49-52,54H,1,11-12,15,17,20-28H2,2-6H3;7-10,13-14,16,18-19,24-32,34-35,39-41,43H,1,11-12,15,17,20-23H2,2-6H3;8-11H,3-7H2/b2*13-8-,14-9+,16-10-,19-18-;/t29-,30-,31-,32-,33-,34-,35+,36+,37-,38-,41+,42-,44-,45-;24-,25-,26-,27-,28-,29-,30+,31+,32-,34-,35-;8-,9+,10?/m00./s1. The van der Waals surface area contributed by atoms with E-state index in [0.717, 1.165) is 101 Å². The Bertz CT molecular complexity index is 3210. The molecule has 6 aliphatic rings. The van der Waals surface area contributed by atoms with Gasteiger partial charge in [-0.2, -0.15) is 0 Å². The zero-order valence-electron chi connectivity index (χ0n) is 68.1. The van der Waals surface area contributed by atoms with Crippen LogP contribution in [0.15, 0.2) is 128 Å². The third-order valence-corrected chi connectivity index (χ3v) is 24.6. The number of azide groups is 1. The van der Waals surface area contributed by atoms with Crippen molar-refractivity contribution < 1.29 is 70.1 Å². The molecule has 2 fully saturated rings. The number of carbonyl (C=O) groups is 2. The number of hydrogen-bond acceptors (Lipinski definition) is 17. The Morgan fingerprint density at radius 3 is 1.44 bits per heavy atom. The first kappa shape index (κ1) is 94.5. The highest BCUT2D eigenvalue weighted by molar-refractivity contribution is 5.83. The molecule has 10 N–H and O–H groups in total. The summed E-state index contributed by atoms with van der Waals surface area (Å²) >= 11 is 0. The SMILES string of the molecule is C=C/C=C\[C@H](C)[C@@H]1OC(=O)/C=C\C=C\[C@@H](CCCCN=[N+]=[N-])[C@@H](O)C[C@H](O)/C=C\[C@H](C)[C@H](O)[C@@H](C)C[C@@H](C)CC[C@@H](O)[C@@H]1C.C=C/C=C\[C@H](C)[C@@H]1OC(=O)/C=C\C=C\[C@@H](CCCCn2nnc3c2CC[C@@H]2[C@@H](CO)[C@@H]2CC3)[C@@H](O)C[C@H](O)/C=C\[C@H](C)[C@H](O)[C@@H](C)C[C@@H](C)CC[C@@H](O)[C@@H]1C.OCC1[C@H]2CCC#CCC[C@@H]12. The number of aryl methyl sites for hydroxylation is 2. The van der Waals surface area contributed by atoms with Gasteiger partial charge in [0.15, 0.2) is 0 Å². The molecule has 0 aromatic carbocycles. The van der Waals surface area contributed by atoms with Crippen LogP contribution in [0.25, 0.3) is 10.4 Å². The molecule has 2 saturated carbocycles. The van der Waals surface area contributed by atoms with Crippen molar-refractivity contribution in [3.8, 4) is 11.8 Å². The van der Waals surface area contributed by atoms with E-state index >= 15 is 0 Å². The van der Waals surface area contributed by atoms with Gasteiger partial charge < -0.3 is 60.5 Å². The van der Waals surface area contributed by atoms with E-state index in [1.54, 1.807) is 60.8 Å². The number of aliphatic hydroxyl groups is 10. The minimum absolute atomic E-state index is 0.00393. The monoisotopic (exact) mass is 1530 g/mol. The molecular formula is C90H142N6O14. The Kier molecular flexibility index (Phi) is 43.8. The maximum absolute atomic E-state index is 13.1. The van der Waals surface area contributed by atoms with Crippen molar-refractivity contribution in [1.82, 2.24) is 15.0 Å². The van der Waals surface area contributed by atoms with Crippen LogP contribution in [0.5, 0.6) is 0 Å². The maximum Gasteiger partial charge on any atom is 0.331 e. The van der Waals surface area contributed by atoms with Crippen molar-refractivity contribution in [3.05, 3.63) is 144 Å². The fourth-order valence-corrected chi connectivity index (χ4v) is 17.3. The van der Waals surface area contributed by atoms with E-state index in [9.17, 15) is 55.5 Å². The first-order valence-corrected chi connectivity index (χ1v) is 41.8.